The summed E-state index contributed by atoms with van der Waals surface area (Å²) in [5, 5.41) is 2.96. The van der Waals surface area contributed by atoms with Gasteiger partial charge >= 0.3 is 62.6 Å². The van der Waals surface area contributed by atoms with Crippen LogP contribution in [0.2, 0.25) is 13.1 Å². The van der Waals surface area contributed by atoms with Crippen LogP contribution < -0.4 is 0 Å². The molecule has 2 radical (unpaired) electrons. The third-order valence-electron chi connectivity index (χ3n) is 10.2. The Morgan fingerprint density at radius 2 is 0.688 bits per heavy atom. The number of rotatable bonds is 6. The molecule has 0 N–H and O–H groups in total. The molecule has 0 aromatic heterocycles. The molecule has 64 heavy (non-hydrogen) atoms. The third kappa shape index (κ3) is 14.0. The summed E-state index contributed by atoms with van der Waals surface area (Å²) in [7, 11) is 11.0. The van der Waals surface area contributed by atoms with Crippen LogP contribution in [0, 0.1) is 0 Å². The first-order chi connectivity index (χ1) is 29.4. The number of hydrogen-bond donors (Lipinski definition) is 0. The van der Waals surface area contributed by atoms with E-state index in [9.17, 15) is 52.7 Å². The molecule has 0 aliphatic heterocycles. The number of hydrogen-bond acceptors (Lipinski definition) is 0. The van der Waals surface area contributed by atoms with Gasteiger partial charge in [-0.2, -0.15) is 64.8 Å². The van der Waals surface area contributed by atoms with Gasteiger partial charge in [0.1, 0.15) is 0 Å². The monoisotopic (exact) mass is 1040 g/mol. The van der Waals surface area contributed by atoms with Gasteiger partial charge in [0.15, 0.2) is 0 Å². The molecule has 0 amide bonds. The molecule has 0 heterocycles. The molecule has 6 rings (SSSR count). The Balaban J connectivity index is 0.000000303. The first-order valence-corrected chi connectivity index (χ1v) is 28.3. The summed E-state index contributed by atoms with van der Waals surface area (Å²) in [5.41, 5.74) is -1.07. The van der Waals surface area contributed by atoms with E-state index in [1.807, 2.05) is 91.8 Å². The third-order valence-corrected chi connectivity index (χ3v) is 10.2. The predicted molar refractivity (Wildman–Crippen MR) is 236 cm³/mol. The molecule has 0 bridgehead atoms. The van der Waals surface area contributed by atoms with Crippen LogP contribution in [0.5, 0.6) is 0 Å². The standard InChI is InChI=1S/2C23H21F6.C2H6Si.2ClH.Zr/c2*1-12(2)15-7-14-5-6-19(13(3)4)21(20(14)10-15)16-8-17(22(24,25)26)11-18(9-16)23(27,28)29;1-3-2;;;/h2*5-13H,1-4H3;1-2H3;2*1H;/q2*-1;;;;+4/p-2. The van der Waals surface area contributed by atoms with Gasteiger partial charge in [0.25, 0.3) is 0 Å². The van der Waals surface area contributed by atoms with Gasteiger partial charge < -0.3 is 0 Å². The molecule has 6 aromatic rings. The minimum absolute atomic E-state index is 0.0673. The van der Waals surface area contributed by atoms with Crippen LogP contribution in [-0.4, -0.2) is 9.52 Å². The average Bonchev–Trinajstić information content (AvgIpc) is 3.82. The van der Waals surface area contributed by atoms with Crippen molar-refractivity contribution in [1.29, 1.82) is 0 Å². The van der Waals surface area contributed by atoms with Crippen molar-refractivity contribution in [2.24, 2.45) is 0 Å². The van der Waals surface area contributed by atoms with Crippen molar-refractivity contribution >= 4 is 48.1 Å². The predicted octanol–water partition coefficient (Wildman–Crippen LogP) is 19.2. The Labute approximate surface area is 387 Å². The van der Waals surface area contributed by atoms with E-state index in [4.69, 9.17) is 17.0 Å². The maximum atomic E-state index is 13.4. The van der Waals surface area contributed by atoms with Gasteiger partial charge in [-0.3, -0.25) is 0 Å². The summed E-state index contributed by atoms with van der Waals surface area (Å²) in [6, 6.07) is 18.6. The first-order valence-electron chi connectivity index (χ1n) is 20.0. The van der Waals surface area contributed by atoms with Gasteiger partial charge in [0.2, 0.25) is 0 Å². The second-order valence-electron chi connectivity index (χ2n) is 16.4. The van der Waals surface area contributed by atoms with E-state index in [1.165, 1.54) is 0 Å². The molecular formula is C48H48Cl2F12SiZr. The van der Waals surface area contributed by atoms with E-state index in [1.54, 1.807) is 12.1 Å². The average molecular weight is 1040 g/mol. The Morgan fingerprint density at radius 1 is 0.438 bits per heavy atom. The van der Waals surface area contributed by atoms with E-state index in [0.29, 0.717) is 33.0 Å². The molecule has 16 heteroatoms. The normalized spacial score (nSPS) is 12.3. The summed E-state index contributed by atoms with van der Waals surface area (Å²) in [4.78, 5) is 0. The van der Waals surface area contributed by atoms with E-state index in [-0.39, 0.29) is 46.9 Å². The molecule has 0 saturated carbocycles. The molecule has 346 valence electrons. The van der Waals surface area contributed by atoms with Crippen molar-refractivity contribution in [3.63, 3.8) is 0 Å². The Bertz CT molecular complexity index is 2230. The van der Waals surface area contributed by atoms with E-state index in [0.717, 1.165) is 55.7 Å². The van der Waals surface area contributed by atoms with Crippen molar-refractivity contribution in [3.05, 3.63) is 129 Å². The Morgan fingerprint density at radius 3 is 0.891 bits per heavy atom. The summed E-state index contributed by atoms with van der Waals surface area (Å²) < 4.78 is 160. The van der Waals surface area contributed by atoms with Gasteiger partial charge in [0, 0.05) is 9.52 Å². The fraction of sp³-hybridized carbons (Fsp3) is 0.375. The van der Waals surface area contributed by atoms with Crippen molar-refractivity contribution in [2.45, 2.75) is 117 Å². The van der Waals surface area contributed by atoms with E-state index < -0.39 is 67.8 Å². The zero-order valence-corrected chi connectivity index (χ0v) is 41.7. The zero-order valence-electron chi connectivity index (χ0n) is 36.7. The van der Waals surface area contributed by atoms with Crippen LogP contribution in [0.3, 0.4) is 0 Å². The topological polar surface area (TPSA) is 0 Å². The maximum absolute atomic E-state index is 13.4. The second kappa shape index (κ2) is 22.2. The van der Waals surface area contributed by atoms with E-state index >= 15 is 0 Å². The quantitative estimate of drug-likeness (QED) is 0.0886. The van der Waals surface area contributed by atoms with Crippen LogP contribution in [0.25, 0.3) is 43.8 Å². The number of alkyl halides is 12. The number of benzene rings is 4. The Kier molecular flexibility index (Phi) is 19.1. The van der Waals surface area contributed by atoms with Gasteiger partial charge in [-0.15, -0.1) is 69.1 Å². The number of fused-ring (bicyclic) bond motifs is 2. The first kappa shape index (κ1) is 55.3. The van der Waals surface area contributed by atoms with Crippen molar-refractivity contribution < 1.29 is 73.5 Å². The summed E-state index contributed by atoms with van der Waals surface area (Å²) in [6.07, 6.45) is -19.5. The van der Waals surface area contributed by atoms with E-state index in [2.05, 4.69) is 13.1 Å². The molecule has 0 saturated heterocycles. The molecule has 6 aromatic carbocycles. The van der Waals surface area contributed by atoms with Crippen molar-refractivity contribution in [3.8, 4) is 22.3 Å². The van der Waals surface area contributed by atoms with Crippen LogP contribution in [0.1, 0.15) is 124 Å². The van der Waals surface area contributed by atoms with Gasteiger partial charge in [-0.1, -0.05) is 90.7 Å². The van der Waals surface area contributed by atoms with Crippen LogP contribution in [0.15, 0.2) is 84.9 Å². The van der Waals surface area contributed by atoms with Crippen LogP contribution in [0.4, 0.5) is 52.7 Å². The summed E-state index contributed by atoms with van der Waals surface area (Å²) in [5.74, 6) is 0.223. The number of halogens is 14. The minimum atomic E-state index is -4.88. The molecule has 0 aliphatic carbocycles. The molecular weight excluding hydrogens is 995 g/mol. The molecule has 0 unspecified atom stereocenters. The van der Waals surface area contributed by atoms with Crippen LogP contribution >= 0.6 is 17.0 Å². The zero-order chi connectivity index (χ0) is 48.9. The van der Waals surface area contributed by atoms with Gasteiger partial charge in [-0.25, -0.2) is 0 Å². The summed E-state index contributed by atoms with van der Waals surface area (Å²) in [6.45, 7) is 19.7. The van der Waals surface area contributed by atoms with Gasteiger partial charge in [0.05, 0.1) is 22.3 Å². The molecule has 0 nitrogen and oxygen atoms in total. The molecule has 0 aliphatic rings. The Hall–Kier alpha value is -3.06. The summed E-state index contributed by atoms with van der Waals surface area (Å²) >= 11 is -0.826. The SMILES string of the molecule is CC(C)c1cc2c(-c3cc(C(F)(F)F)cc(C(F)(F)F)c3)c(C(C)C)ccc2[cH-]1.CC(C)c1cc2c(-c3cc(C(F)(F)F)cc(C(F)(F)F)c3)c(C(C)C)ccc2[cH-]1.C[Si]C.[Cl][Zr+2][Cl]. The molecule has 0 atom stereocenters. The van der Waals surface area contributed by atoms with Gasteiger partial charge in [-0.05, 0) is 71.2 Å². The van der Waals surface area contributed by atoms with Crippen molar-refractivity contribution in [2.75, 3.05) is 0 Å². The molecule has 0 spiro atoms. The van der Waals surface area contributed by atoms with Crippen LogP contribution in [-0.2, 0) is 45.6 Å². The second-order valence-corrected chi connectivity index (χ2v) is 21.2. The fourth-order valence-corrected chi connectivity index (χ4v) is 7.12. The van der Waals surface area contributed by atoms with Crippen molar-refractivity contribution in [1.82, 2.24) is 0 Å². The molecule has 0 fully saturated rings. The fourth-order valence-electron chi connectivity index (χ4n) is 7.12.